The second-order valence-corrected chi connectivity index (χ2v) is 5.40. The molecule has 2 rings (SSSR count). The van der Waals surface area contributed by atoms with Gasteiger partial charge in [-0.2, -0.15) is 0 Å². The fourth-order valence-electron chi connectivity index (χ4n) is 2.26. The van der Waals surface area contributed by atoms with Gasteiger partial charge in [0, 0.05) is 37.6 Å². The number of hydrogen-bond acceptors (Lipinski definition) is 3. The number of alkyl halides is 1. The summed E-state index contributed by atoms with van der Waals surface area (Å²) in [5, 5.41) is 0.951. The highest BCUT2D eigenvalue weighted by molar-refractivity contribution is 9.09. The van der Waals surface area contributed by atoms with E-state index in [1.54, 1.807) is 12.1 Å². The van der Waals surface area contributed by atoms with E-state index in [9.17, 15) is 9.59 Å². The summed E-state index contributed by atoms with van der Waals surface area (Å²) in [6, 6.07) is 4.68. The quantitative estimate of drug-likeness (QED) is 0.840. The lowest BCUT2D eigenvalue weighted by atomic mass is 10.3. The molecule has 0 aliphatic carbocycles. The zero-order chi connectivity index (χ0) is 13.7. The Morgan fingerprint density at radius 1 is 1.26 bits per heavy atom. The van der Waals surface area contributed by atoms with Crippen LogP contribution in [0.5, 0.6) is 0 Å². The summed E-state index contributed by atoms with van der Waals surface area (Å²) >= 11 is 3.44. The van der Waals surface area contributed by atoms with Crippen LogP contribution in [-0.2, 0) is 0 Å². The van der Waals surface area contributed by atoms with E-state index in [-0.39, 0.29) is 11.5 Å². The van der Waals surface area contributed by atoms with Gasteiger partial charge < -0.3 is 14.8 Å². The van der Waals surface area contributed by atoms with Crippen molar-refractivity contribution in [2.45, 2.75) is 6.42 Å². The van der Waals surface area contributed by atoms with Crippen molar-refractivity contribution in [3.8, 4) is 0 Å². The van der Waals surface area contributed by atoms with Gasteiger partial charge in [0.05, 0.1) is 0 Å². The van der Waals surface area contributed by atoms with E-state index in [0.29, 0.717) is 12.2 Å². The molecular formula is C13H18BrN3O2. The smallest absolute Gasteiger partial charge is 0.270 e. The van der Waals surface area contributed by atoms with Crippen LogP contribution in [0.4, 0.5) is 0 Å². The number of amides is 1. The monoisotopic (exact) mass is 327 g/mol. The Morgan fingerprint density at radius 3 is 2.84 bits per heavy atom. The van der Waals surface area contributed by atoms with E-state index in [4.69, 9.17) is 0 Å². The van der Waals surface area contributed by atoms with Gasteiger partial charge >= 0.3 is 0 Å². The van der Waals surface area contributed by atoms with E-state index in [2.05, 4.69) is 25.8 Å². The molecule has 0 saturated carbocycles. The second kappa shape index (κ2) is 6.86. The number of aromatic amines is 1. The number of H-pyrrole nitrogens is 1. The van der Waals surface area contributed by atoms with Crippen molar-refractivity contribution in [3.05, 3.63) is 34.2 Å². The van der Waals surface area contributed by atoms with Crippen LogP contribution < -0.4 is 5.56 Å². The summed E-state index contributed by atoms with van der Waals surface area (Å²) in [4.78, 5) is 30.3. The normalized spacial score (nSPS) is 17.2. The highest BCUT2D eigenvalue weighted by Crippen LogP contribution is 2.07. The Morgan fingerprint density at radius 2 is 2.11 bits per heavy atom. The highest BCUT2D eigenvalue weighted by Gasteiger charge is 2.20. The molecule has 1 saturated heterocycles. The lowest BCUT2D eigenvalue weighted by Crippen LogP contribution is -2.36. The first-order valence-electron chi connectivity index (χ1n) is 6.47. The van der Waals surface area contributed by atoms with E-state index in [0.717, 1.165) is 37.9 Å². The van der Waals surface area contributed by atoms with Crippen LogP contribution in [0.3, 0.4) is 0 Å². The number of hydrogen-bond donors (Lipinski definition) is 1. The molecule has 0 spiro atoms. The zero-order valence-electron chi connectivity index (χ0n) is 10.8. The summed E-state index contributed by atoms with van der Waals surface area (Å²) in [5.74, 6) is -0.0848. The lowest BCUT2D eigenvalue weighted by molar-refractivity contribution is 0.0755. The molecule has 0 bridgehead atoms. The van der Waals surface area contributed by atoms with Crippen LogP contribution >= 0.6 is 15.9 Å². The predicted octanol–water partition coefficient (Wildman–Crippen LogP) is 0.918. The molecule has 1 aliphatic heterocycles. The Kier molecular flexibility index (Phi) is 5.15. The zero-order valence-corrected chi connectivity index (χ0v) is 12.4. The van der Waals surface area contributed by atoms with Crippen molar-refractivity contribution in [1.82, 2.24) is 14.8 Å². The Bertz CT molecular complexity index is 489. The van der Waals surface area contributed by atoms with Crippen LogP contribution in [0.25, 0.3) is 0 Å². The first kappa shape index (κ1) is 14.3. The largest absolute Gasteiger partial charge is 0.336 e. The van der Waals surface area contributed by atoms with Gasteiger partial charge in [0.2, 0.25) is 5.56 Å². The molecule has 1 aromatic heterocycles. The molecule has 0 atom stereocenters. The van der Waals surface area contributed by atoms with Gasteiger partial charge in [0.15, 0.2) is 0 Å². The third-order valence-electron chi connectivity index (χ3n) is 3.28. The van der Waals surface area contributed by atoms with E-state index in [1.807, 2.05) is 4.90 Å². The molecule has 1 aromatic rings. The number of carbonyl (C=O) groups excluding carboxylic acids is 1. The van der Waals surface area contributed by atoms with Gasteiger partial charge in [-0.3, -0.25) is 9.59 Å². The van der Waals surface area contributed by atoms with Crippen molar-refractivity contribution in [1.29, 1.82) is 0 Å². The molecule has 1 N–H and O–H groups in total. The third-order valence-corrected chi connectivity index (χ3v) is 3.63. The number of aromatic nitrogens is 1. The lowest BCUT2D eigenvalue weighted by Gasteiger charge is -2.21. The topological polar surface area (TPSA) is 56.4 Å². The van der Waals surface area contributed by atoms with Gasteiger partial charge in [0.25, 0.3) is 5.91 Å². The number of nitrogens with one attached hydrogen (secondary N) is 1. The first-order valence-corrected chi connectivity index (χ1v) is 7.60. The summed E-state index contributed by atoms with van der Waals surface area (Å²) in [6.45, 7) is 4.36. The molecular weight excluding hydrogens is 310 g/mol. The van der Waals surface area contributed by atoms with Gasteiger partial charge in [-0.05, 0) is 19.0 Å². The maximum absolute atomic E-state index is 12.3. The molecule has 19 heavy (non-hydrogen) atoms. The van der Waals surface area contributed by atoms with Gasteiger partial charge in [-0.25, -0.2) is 0 Å². The van der Waals surface area contributed by atoms with Crippen LogP contribution in [0.2, 0.25) is 0 Å². The van der Waals surface area contributed by atoms with Crippen LogP contribution in [-0.4, -0.2) is 58.7 Å². The molecule has 0 aromatic carbocycles. The van der Waals surface area contributed by atoms with Crippen molar-refractivity contribution >= 4 is 21.8 Å². The standard InChI is InChI=1S/C13H18BrN3O2/c14-5-8-16-6-2-7-17(10-9-16)13(19)11-3-1-4-12(18)15-11/h1,3-4H,2,5-10H2,(H,15,18). The maximum Gasteiger partial charge on any atom is 0.270 e. The molecule has 2 heterocycles. The fraction of sp³-hybridized carbons (Fsp3) is 0.538. The summed E-state index contributed by atoms with van der Waals surface area (Å²) in [5.41, 5.74) is 0.142. The molecule has 5 nitrogen and oxygen atoms in total. The first-order chi connectivity index (χ1) is 9.20. The van der Waals surface area contributed by atoms with Gasteiger partial charge in [-0.15, -0.1) is 0 Å². The summed E-state index contributed by atoms with van der Waals surface area (Å²) in [6.07, 6.45) is 0.968. The number of rotatable bonds is 3. The molecule has 0 unspecified atom stereocenters. The summed E-state index contributed by atoms with van der Waals surface area (Å²) in [7, 11) is 0. The Hall–Kier alpha value is -1.14. The average molecular weight is 328 g/mol. The van der Waals surface area contributed by atoms with Crippen LogP contribution in [0.1, 0.15) is 16.9 Å². The number of pyridine rings is 1. The van der Waals surface area contributed by atoms with Crippen molar-refractivity contribution in [3.63, 3.8) is 0 Å². The Balaban J connectivity index is 2.02. The van der Waals surface area contributed by atoms with Crippen molar-refractivity contribution in [2.24, 2.45) is 0 Å². The summed E-state index contributed by atoms with van der Waals surface area (Å²) < 4.78 is 0. The minimum atomic E-state index is -0.235. The number of nitrogens with zero attached hydrogens (tertiary/aromatic N) is 2. The molecule has 0 radical (unpaired) electrons. The number of halogens is 1. The molecule has 1 amide bonds. The third kappa shape index (κ3) is 3.91. The highest BCUT2D eigenvalue weighted by atomic mass is 79.9. The Labute approximate surface area is 120 Å². The minimum absolute atomic E-state index is 0.0848. The van der Waals surface area contributed by atoms with E-state index in [1.165, 1.54) is 6.07 Å². The van der Waals surface area contributed by atoms with Crippen molar-refractivity contribution < 1.29 is 4.79 Å². The molecule has 1 aliphatic rings. The van der Waals surface area contributed by atoms with Gasteiger partial charge in [0.1, 0.15) is 5.69 Å². The second-order valence-electron chi connectivity index (χ2n) is 4.61. The predicted molar refractivity (Wildman–Crippen MR) is 77.8 cm³/mol. The van der Waals surface area contributed by atoms with Gasteiger partial charge in [-0.1, -0.05) is 22.0 Å². The number of carbonyl (C=O) groups is 1. The molecule has 104 valence electrons. The SMILES string of the molecule is O=C(c1cccc(=O)[nH]1)N1CCCN(CCBr)CC1. The molecule has 6 heteroatoms. The fourth-order valence-corrected chi connectivity index (χ4v) is 2.76. The van der Waals surface area contributed by atoms with Crippen LogP contribution in [0.15, 0.2) is 23.0 Å². The maximum atomic E-state index is 12.3. The van der Waals surface area contributed by atoms with E-state index >= 15 is 0 Å². The van der Waals surface area contributed by atoms with E-state index < -0.39 is 0 Å². The molecule has 1 fully saturated rings. The van der Waals surface area contributed by atoms with Crippen molar-refractivity contribution in [2.75, 3.05) is 38.1 Å². The minimum Gasteiger partial charge on any atom is -0.336 e. The van der Waals surface area contributed by atoms with Crippen LogP contribution in [0, 0.1) is 0 Å². The average Bonchev–Trinajstić information content (AvgIpc) is 2.64.